The molecule has 0 bridgehead atoms. The topological polar surface area (TPSA) is 102 Å². The van der Waals surface area contributed by atoms with Crippen LogP contribution in [0.4, 0.5) is 11.4 Å². The molecule has 1 fully saturated rings. The Bertz CT molecular complexity index is 641. The molecule has 8 nitrogen and oxygen atoms in total. The fourth-order valence-corrected chi connectivity index (χ4v) is 2.79. The Kier molecular flexibility index (Phi) is 5.86. The van der Waals surface area contributed by atoms with E-state index in [1.807, 2.05) is 4.90 Å². The SMILES string of the molecule is COC(=O)C(CC(=O)Nc1cc([N+](=O)[O-])ccc1C)N1CCCC1. The van der Waals surface area contributed by atoms with Gasteiger partial charge in [0.25, 0.3) is 5.69 Å². The van der Waals surface area contributed by atoms with E-state index in [1.54, 1.807) is 13.0 Å². The molecule has 1 heterocycles. The summed E-state index contributed by atoms with van der Waals surface area (Å²) in [6.45, 7) is 3.25. The van der Waals surface area contributed by atoms with Crippen molar-refractivity contribution >= 4 is 23.3 Å². The molecule has 24 heavy (non-hydrogen) atoms. The summed E-state index contributed by atoms with van der Waals surface area (Å²) < 4.78 is 4.80. The van der Waals surface area contributed by atoms with Gasteiger partial charge < -0.3 is 10.1 Å². The molecule has 1 aliphatic rings. The van der Waals surface area contributed by atoms with Crippen LogP contribution in [0.1, 0.15) is 24.8 Å². The standard InChI is InChI=1S/C16H21N3O5/c1-11-5-6-12(19(22)23)9-13(11)17-15(20)10-14(16(21)24-2)18-7-3-4-8-18/h5-6,9,14H,3-4,7-8,10H2,1-2H3,(H,17,20). The Labute approximate surface area is 139 Å². The Morgan fingerprint density at radius 3 is 2.62 bits per heavy atom. The molecule has 1 saturated heterocycles. The van der Waals surface area contributed by atoms with Gasteiger partial charge in [-0.25, -0.2) is 0 Å². The van der Waals surface area contributed by atoms with Crippen molar-refractivity contribution in [2.45, 2.75) is 32.2 Å². The summed E-state index contributed by atoms with van der Waals surface area (Å²) in [5.74, 6) is -0.816. The second-order valence-electron chi connectivity index (χ2n) is 5.79. The lowest BCUT2D eigenvalue weighted by atomic mass is 10.1. The Hall–Kier alpha value is -2.48. The lowest BCUT2D eigenvalue weighted by Crippen LogP contribution is -2.42. The van der Waals surface area contributed by atoms with Crippen LogP contribution in [0, 0.1) is 17.0 Å². The van der Waals surface area contributed by atoms with Gasteiger partial charge in [0.15, 0.2) is 0 Å². The van der Waals surface area contributed by atoms with Gasteiger partial charge in [0, 0.05) is 12.1 Å². The number of esters is 1. The van der Waals surface area contributed by atoms with Gasteiger partial charge >= 0.3 is 5.97 Å². The fourth-order valence-electron chi connectivity index (χ4n) is 2.79. The van der Waals surface area contributed by atoms with Crippen molar-refractivity contribution in [3.8, 4) is 0 Å². The van der Waals surface area contributed by atoms with E-state index in [2.05, 4.69) is 5.32 Å². The number of anilines is 1. The summed E-state index contributed by atoms with van der Waals surface area (Å²) in [5, 5.41) is 13.5. The zero-order chi connectivity index (χ0) is 17.7. The molecule has 0 aromatic heterocycles. The van der Waals surface area contributed by atoms with Crippen LogP contribution in [0.25, 0.3) is 0 Å². The minimum atomic E-state index is -0.628. The first-order valence-corrected chi connectivity index (χ1v) is 7.79. The van der Waals surface area contributed by atoms with Crippen LogP contribution in [-0.2, 0) is 14.3 Å². The van der Waals surface area contributed by atoms with Crippen LogP contribution >= 0.6 is 0 Å². The second-order valence-corrected chi connectivity index (χ2v) is 5.79. The van der Waals surface area contributed by atoms with E-state index in [4.69, 9.17) is 4.74 Å². The predicted octanol–water partition coefficient (Wildman–Crippen LogP) is 1.87. The second kappa shape index (κ2) is 7.87. The molecule has 8 heteroatoms. The van der Waals surface area contributed by atoms with Crippen LogP contribution in [0.15, 0.2) is 18.2 Å². The summed E-state index contributed by atoms with van der Waals surface area (Å²) in [6, 6.07) is 3.64. The Morgan fingerprint density at radius 2 is 2.04 bits per heavy atom. The van der Waals surface area contributed by atoms with E-state index in [1.165, 1.54) is 19.2 Å². The summed E-state index contributed by atoms with van der Waals surface area (Å²) in [5.41, 5.74) is 0.990. The number of aryl methyl sites for hydroxylation is 1. The first-order chi connectivity index (χ1) is 11.4. The van der Waals surface area contributed by atoms with Gasteiger partial charge in [0.2, 0.25) is 5.91 Å². The minimum absolute atomic E-state index is 0.0468. The number of nitrogens with one attached hydrogen (secondary N) is 1. The Balaban J connectivity index is 2.09. The fraction of sp³-hybridized carbons (Fsp3) is 0.500. The van der Waals surface area contributed by atoms with Crippen LogP contribution in [0.2, 0.25) is 0 Å². The number of hydrogen-bond donors (Lipinski definition) is 1. The van der Waals surface area contributed by atoms with Crippen molar-refractivity contribution < 1.29 is 19.2 Å². The smallest absolute Gasteiger partial charge is 0.323 e. The number of methoxy groups -OCH3 is 1. The molecule has 1 N–H and O–H groups in total. The van der Waals surface area contributed by atoms with Crippen molar-refractivity contribution in [2.75, 3.05) is 25.5 Å². The first-order valence-electron chi connectivity index (χ1n) is 7.79. The van der Waals surface area contributed by atoms with Gasteiger partial charge in [0.1, 0.15) is 6.04 Å². The number of carbonyl (C=O) groups excluding carboxylic acids is 2. The molecule has 0 spiro atoms. The van der Waals surface area contributed by atoms with Crippen LogP contribution in [-0.4, -0.2) is 47.9 Å². The molecule has 0 radical (unpaired) electrons. The third kappa shape index (κ3) is 4.29. The van der Waals surface area contributed by atoms with E-state index in [9.17, 15) is 19.7 Å². The summed E-state index contributed by atoms with van der Waals surface area (Å²) in [6.07, 6.45) is 1.92. The number of amides is 1. The molecule has 2 rings (SSSR count). The number of likely N-dealkylation sites (tertiary alicyclic amines) is 1. The largest absolute Gasteiger partial charge is 0.468 e. The highest BCUT2D eigenvalue weighted by molar-refractivity contribution is 5.95. The molecule has 130 valence electrons. The summed E-state index contributed by atoms with van der Waals surface area (Å²) in [7, 11) is 1.30. The number of nitro benzene ring substituents is 1. The van der Waals surface area contributed by atoms with E-state index >= 15 is 0 Å². The number of rotatable bonds is 6. The van der Waals surface area contributed by atoms with E-state index in [0.29, 0.717) is 11.3 Å². The van der Waals surface area contributed by atoms with Crippen LogP contribution in [0.3, 0.4) is 0 Å². The van der Waals surface area contributed by atoms with Gasteiger partial charge in [-0.1, -0.05) is 6.07 Å². The maximum Gasteiger partial charge on any atom is 0.323 e. The molecule has 1 aromatic rings. The molecule has 0 aliphatic carbocycles. The highest BCUT2D eigenvalue weighted by atomic mass is 16.6. The highest BCUT2D eigenvalue weighted by Crippen LogP contribution is 2.23. The summed E-state index contributed by atoms with van der Waals surface area (Å²) in [4.78, 5) is 36.6. The zero-order valence-corrected chi connectivity index (χ0v) is 13.8. The number of hydrogen-bond acceptors (Lipinski definition) is 6. The molecule has 1 aliphatic heterocycles. The van der Waals surface area contributed by atoms with Crippen molar-refractivity contribution in [3.63, 3.8) is 0 Å². The molecule has 1 atom stereocenters. The Morgan fingerprint density at radius 1 is 1.38 bits per heavy atom. The quantitative estimate of drug-likeness (QED) is 0.484. The van der Waals surface area contributed by atoms with Gasteiger partial charge in [-0.2, -0.15) is 0 Å². The molecule has 0 saturated carbocycles. The third-order valence-corrected chi connectivity index (χ3v) is 4.14. The molecule has 1 unspecified atom stereocenters. The number of nitro groups is 1. The van der Waals surface area contributed by atoms with Gasteiger partial charge in [-0.05, 0) is 38.4 Å². The van der Waals surface area contributed by atoms with Gasteiger partial charge in [0.05, 0.1) is 24.1 Å². The lowest BCUT2D eigenvalue weighted by Gasteiger charge is -2.24. The van der Waals surface area contributed by atoms with Crippen LogP contribution in [0.5, 0.6) is 0 Å². The molecule has 1 aromatic carbocycles. The molecule has 1 amide bonds. The minimum Gasteiger partial charge on any atom is -0.468 e. The normalized spacial score (nSPS) is 15.8. The van der Waals surface area contributed by atoms with Crippen molar-refractivity contribution in [1.29, 1.82) is 0 Å². The average Bonchev–Trinajstić information content (AvgIpc) is 3.08. The number of nitrogens with zero attached hydrogens (tertiary/aromatic N) is 2. The van der Waals surface area contributed by atoms with Crippen molar-refractivity contribution in [1.82, 2.24) is 4.90 Å². The zero-order valence-electron chi connectivity index (χ0n) is 13.8. The van der Waals surface area contributed by atoms with E-state index in [-0.39, 0.29) is 18.0 Å². The van der Waals surface area contributed by atoms with E-state index < -0.39 is 16.9 Å². The predicted molar refractivity (Wildman–Crippen MR) is 87.7 cm³/mol. The maximum absolute atomic E-state index is 12.3. The monoisotopic (exact) mass is 335 g/mol. The van der Waals surface area contributed by atoms with Crippen molar-refractivity contribution in [3.05, 3.63) is 33.9 Å². The molecular formula is C16H21N3O5. The van der Waals surface area contributed by atoms with E-state index in [0.717, 1.165) is 25.9 Å². The van der Waals surface area contributed by atoms with Crippen LogP contribution < -0.4 is 5.32 Å². The van der Waals surface area contributed by atoms with Gasteiger partial charge in [-0.15, -0.1) is 0 Å². The highest BCUT2D eigenvalue weighted by Gasteiger charge is 2.31. The number of non-ortho nitro benzene ring substituents is 1. The lowest BCUT2D eigenvalue weighted by molar-refractivity contribution is -0.384. The average molecular weight is 335 g/mol. The van der Waals surface area contributed by atoms with Gasteiger partial charge in [-0.3, -0.25) is 24.6 Å². The molecular weight excluding hydrogens is 314 g/mol. The number of ether oxygens (including phenoxy) is 1. The number of benzene rings is 1. The third-order valence-electron chi connectivity index (χ3n) is 4.14. The number of carbonyl (C=O) groups is 2. The first kappa shape index (κ1) is 17.9. The maximum atomic E-state index is 12.3. The summed E-state index contributed by atoms with van der Waals surface area (Å²) >= 11 is 0. The van der Waals surface area contributed by atoms with Crippen molar-refractivity contribution in [2.24, 2.45) is 0 Å².